The zero-order valence-corrected chi connectivity index (χ0v) is 12.6. The quantitative estimate of drug-likeness (QED) is 0.920. The van der Waals surface area contributed by atoms with Crippen molar-refractivity contribution in [2.24, 2.45) is 5.92 Å². The van der Waals surface area contributed by atoms with E-state index in [1.807, 2.05) is 18.2 Å². The largest absolute Gasteiger partial charge is 0.476 e. The van der Waals surface area contributed by atoms with E-state index in [2.05, 4.69) is 13.8 Å². The van der Waals surface area contributed by atoms with Gasteiger partial charge in [-0.15, -0.1) is 0 Å². The van der Waals surface area contributed by atoms with E-state index >= 15 is 0 Å². The Balaban J connectivity index is 2.38. The van der Waals surface area contributed by atoms with Gasteiger partial charge >= 0.3 is 0 Å². The highest BCUT2D eigenvalue weighted by atomic mass is 16.5. The summed E-state index contributed by atoms with van der Waals surface area (Å²) in [6.07, 6.45) is 0.947. The summed E-state index contributed by atoms with van der Waals surface area (Å²) < 4.78 is 5.81. The van der Waals surface area contributed by atoms with Gasteiger partial charge in [-0.05, 0) is 43.9 Å². The third-order valence-corrected chi connectivity index (χ3v) is 3.55. The van der Waals surface area contributed by atoms with E-state index < -0.39 is 5.60 Å². The summed E-state index contributed by atoms with van der Waals surface area (Å²) in [7, 11) is 0. The third kappa shape index (κ3) is 2.80. The highest BCUT2D eigenvalue weighted by molar-refractivity contribution is 6.02. The molecular formula is C16H23NO3. The summed E-state index contributed by atoms with van der Waals surface area (Å²) in [5, 5.41) is 9.23. The molecule has 1 aromatic carbocycles. The lowest BCUT2D eigenvalue weighted by atomic mass is 10.0. The molecule has 0 saturated heterocycles. The number of nitrogens with zero attached hydrogens (tertiary/aromatic N) is 1. The fourth-order valence-corrected chi connectivity index (χ4v) is 2.32. The lowest BCUT2D eigenvalue weighted by molar-refractivity contribution is -0.132. The number of rotatable bonds is 4. The van der Waals surface area contributed by atoms with Crippen LogP contribution < -0.4 is 9.64 Å². The maximum Gasteiger partial charge on any atom is 0.270 e. The molecule has 1 aliphatic rings. The molecule has 0 spiro atoms. The summed E-state index contributed by atoms with van der Waals surface area (Å²) in [5.74, 6) is 1.20. The van der Waals surface area contributed by atoms with Gasteiger partial charge in [-0.2, -0.15) is 0 Å². The van der Waals surface area contributed by atoms with E-state index in [4.69, 9.17) is 4.74 Å². The van der Waals surface area contributed by atoms with Gasteiger partial charge in [0.2, 0.25) is 0 Å². The van der Waals surface area contributed by atoms with Crippen LogP contribution in [0.3, 0.4) is 0 Å². The molecule has 1 aliphatic heterocycles. The highest BCUT2D eigenvalue weighted by Gasteiger charge is 2.40. The lowest BCUT2D eigenvalue weighted by Crippen LogP contribution is -2.52. The Hall–Kier alpha value is -1.55. The maximum absolute atomic E-state index is 12.5. The molecular weight excluding hydrogens is 254 g/mol. The molecule has 0 saturated carbocycles. The van der Waals surface area contributed by atoms with Crippen LogP contribution in [0.1, 0.15) is 39.7 Å². The number of fused-ring (bicyclic) bond motifs is 1. The number of benzene rings is 1. The Labute approximate surface area is 120 Å². The molecule has 1 aromatic rings. The number of ether oxygens (including phenoxy) is 1. The Kier molecular flexibility index (Phi) is 4.04. The van der Waals surface area contributed by atoms with Crippen LogP contribution in [-0.4, -0.2) is 23.2 Å². The summed E-state index contributed by atoms with van der Waals surface area (Å²) in [6.45, 7) is 8.52. The Morgan fingerprint density at radius 1 is 1.35 bits per heavy atom. The first-order chi connectivity index (χ1) is 9.35. The van der Waals surface area contributed by atoms with Crippen molar-refractivity contribution in [1.29, 1.82) is 0 Å². The van der Waals surface area contributed by atoms with Gasteiger partial charge in [0.15, 0.2) is 5.60 Å². The minimum atomic E-state index is -0.863. The van der Waals surface area contributed by atoms with Gasteiger partial charge in [0.25, 0.3) is 5.91 Å². The van der Waals surface area contributed by atoms with Crippen LogP contribution in [0.4, 0.5) is 5.69 Å². The van der Waals surface area contributed by atoms with Crippen LogP contribution in [0.25, 0.3) is 0 Å². The van der Waals surface area contributed by atoms with Crippen LogP contribution >= 0.6 is 0 Å². The van der Waals surface area contributed by atoms with Crippen molar-refractivity contribution >= 4 is 11.6 Å². The van der Waals surface area contributed by atoms with E-state index in [9.17, 15) is 9.90 Å². The summed E-state index contributed by atoms with van der Waals surface area (Å²) in [6, 6.07) is 5.50. The minimum Gasteiger partial charge on any atom is -0.476 e. The van der Waals surface area contributed by atoms with E-state index in [1.165, 1.54) is 0 Å². The smallest absolute Gasteiger partial charge is 0.270 e. The fourth-order valence-electron chi connectivity index (χ4n) is 2.32. The van der Waals surface area contributed by atoms with Gasteiger partial charge < -0.3 is 14.7 Å². The molecule has 2 rings (SSSR count). The molecule has 0 bridgehead atoms. The molecule has 0 aliphatic carbocycles. The van der Waals surface area contributed by atoms with Gasteiger partial charge in [0.1, 0.15) is 5.75 Å². The number of amides is 1. The van der Waals surface area contributed by atoms with Gasteiger partial charge in [0, 0.05) is 6.54 Å². The number of carbonyl (C=O) groups excluding carboxylic acids is 1. The highest BCUT2D eigenvalue weighted by Crippen LogP contribution is 2.38. The first-order valence-electron chi connectivity index (χ1n) is 7.10. The van der Waals surface area contributed by atoms with Crippen LogP contribution in [-0.2, 0) is 11.4 Å². The van der Waals surface area contributed by atoms with Crippen molar-refractivity contribution < 1.29 is 14.6 Å². The van der Waals surface area contributed by atoms with Crippen molar-refractivity contribution in [3.8, 4) is 5.75 Å². The topological polar surface area (TPSA) is 49.8 Å². The van der Waals surface area contributed by atoms with Crippen molar-refractivity contribution in [3.05, 3.63) is 23.8 Å². The second-order valence-electron chi connectivity index (χ2n) is 6.21. The lowest BCUT2D eigenvalue weighted by Gasteiger charge is -2.39. The van der Waals surface area contributed by atoms with Crippen LogP contribution in [0.15, 0.2) is 18.2 Å². The van der Waals surface area contributed by atoms with Crippen molar-refractivity contribution in [1.82, 2.24) is 0 Å². The molecule has 1 amide bonds. The number of hydrogen-bond acceptors (Lipinski definition) is 3. The van der Waals surface area contributed by atoms with Crippen molar-refractivity contribution in [2.75, 3.05) is 11.4 Å². The summed E-state index contributed by atoms with van der Waals surface area (Å²) in [4.78, 5) is 14.3. The Bertz CT molecular complexity index is 508. The number of anilines is 1. The molecule has 0 fully saturated rings. The predicted octanol–water partition coefficient (Wildman–Crippen LogP) is 2.73. The second kappa shape index (κ2) is 5.44. The normalized spacial score (nSPS) is 17.1. The average molecular weight is 277 g/mol. The van der Waals surface area contributed by atoms with Crippen molar-refractivity contribution in [3.63, 3.8) is 0 Å². The molecule has 0 radical (unpaired) electrons. The maximum atomic E-state index is 12.5. The molecule has 0 atom stereocenters. The van der Waals surface area contributed by atoms with Crippen LogP contribution in [0.5, 0.6) is 5.75 Å². The molecule has 1 N–H and O–H groups in total. The van der Waals surface area contributed by atoms with E-state index in [0.29, 0.717) is 18.2 Å². The van der Waals surface area contributed by atoms with Gasteiger partial charge in [-0.25, -0.2) is 0 Å². The fraction of sp³-hybridized carbons (Fsp3) is 0.562. The average Bonchev–Trinajstić information content (AvgIpc) is 2.38. The van der Waals surface area contributed by atoms with Crippen molar-refractivity contribution in [2.45, 2.75) is 46.3 Å². The first kappa shape index (κ1) is 14.9. The molecule has 20 heavy (non-hydrogen) atoms. The second-order valence-corrected chi connectivity index (χ2v) is 6.21. The number of hydrogen-bond donors (Lipinski definition) is 1. The molecule has 0 unspecified atom stereocenters. The van der Waals surface area contributed by atoms with Gasteiger partial charge in [-0.3, -0.25) is 4.79 Å². The summed E-state index contributed by atoms with van der Waals surface area (Å²) >= 11 is 0. The van der Waals surface area contributed by atoms with Gasteiger partial charge in [-0.1, -0.05) is 19.9 Å². The molecule has 0 aromatic heterocycles. The standard InChI is InChI=1S/C16H23NO3/c1-11(2)7-8-17-13-6-5-12(10-18)9-14(13)20-16(3,4)15(17)19/h5-6,9,11,18H,7-8,10H2,1-4H3. The first-order valence-corrected chi connectivity index (χ1v) is 7.10. The molecule has 4 heteroatoms. The Morgan fingerprint density at radius 3 is 2.65 bits per heavy atom. The molecule has 4 nitrogen and oxygen atoms in total. The Morgan fingerprint density at radius 2 is 2.05 bits per heavy atom. The third-order valence-electron chi connectivity index (χ3n) is 3.55. The van der Waals surface area contributed by atoms with Gasteiger partial charge in [0.05, 0.1) is 12.3 Å². The van der Waals surface area contributed by atoms with E-state index in [-0.39, 0.29) is 12.5 Å². The number of aliphatic hydroxyl groups excluding tert-OH is 1. The predicted molar refractivity (Wildman–Crippen MR) is 78.9 cm³/mol. The van der Waals surface area contributed by atoms with Crippen LogP contribution in [0.2, 0.25) is 0 Å². The van der Waals surface area contributed by atoms with E-state index in [1.54, 1.807) is 18.7 Å². The zero-order chi connectivity index (χ0) is 14.9. The number of aliphatic hydroxyl groups is 1. The zero-order valence-electron chi connectivity index (χ0n) is 12.6. The molecule has 110 valence electrons. The number of carbonyl (C=O) groups is 1. The van der Waals surface area contributed by atoms with E-state index in [0.717, 1.165) is 17.7 Å². The monoisotopic (exact) mass is 277 g/mol. The minimum absolute atomic E-state index is 0.0117. The SMILES string of the molecule is CC(C)CCN1C(=O)C(C)(C)Oc2cc(CO)ccc21. The van der Waals surface area contributed by atoms with Crippen LogP contribution in [0, 0.1) is 5.92 Å². The molecule has 1 heterocycles. The summed E-state index contributed by atoms with van der Waals surface area (Å²) in [5.41, 5.74) is 0.725.